The van der Waals surface area contributed by atoms with Gasteiger partial charge in [0.1, 0.15) is 0 Å². The zero-order valence-electron chi connectivity index (χ0n) is 18.1. The number of hydrogen-bond acceptors (Lipinski definition) is 4. The van der Waals surface area contributed by atoms with Crippen molar-refractivity contribution in [3.8, 4) is 11.5 Å². The molecule has 1 heterocycles. The van der Waals surface area contributed by atoms with Crippen LogP contribution in [0.25, 0.3) is 0 Å². The monoisotopic (exact) mass is 444 g/mol. The van der Waals surface area contributed by atoms with Crippen LogP contribution in [0.2, 0.25) is 5.02 Å². The Kier molecular flexibility index (Phi) is 5.62. The van der Waals surface area contributed by atoms with Gasteiger partial charge in [0.15, 0.2) is 11.5 Å². The molecule has 0 aromatic heterocycles. The molecule has 1 N–H and O–H groups in total. The molecule has 32 heavy (non-hydrogen) atoms. The van der Waals surface area contributed by atoms with Gasteiger partial charge in [-0.1, -0.05) is 54.1 Å². The Morgan fingerprint density at radius 1 is 1.03 bits per heavy atom. The van der Waals surface area contributed by atoms with Crippen molar-refractivity contribution in [3.63, 3.8) is 0 Å². The van der Waals surface area contributed by atoms with Gasteiger partial charge in [-0.25, -0.2) is 0 Å². The number of methoxy groups -OCH3 is 2. The Bertz CT molecular complexity index is 1190. The molecule has 3 aromatic carbocycles. The van der Waals surface area contributed by atoms with Gasteiger partial charge in [0.25, 0.3) is 0 Å². The molecule has 3 aromatic rings. The lowest BCUT2D eigenvalue weighted by molar-refractivity contribution is 0.355. The highest BCUT2D eigenvalue weighted by atomic mass is 35.5. The lowest BCUT2D eigenvalue weighted by Gasteiger charge is -2.37. The maximum absolute atomic E-state index is 6.30. The number of benzene rings is 3. The largest absolute Gasteiger partial charge is 0.493 e. The van der Waals surface area contributed by atoms with Crippen molar-refractivity contribution in [1.29, 1.82) is 0 Å². The van der Waals surface area contributed by atoms with Crippen LogP contribution in [-0.2, 0) is 0 Å². The average molecular weight is 445 g/mol. The number of halogens is 1. The second-order valence-electron chi connectivity index (χ2n) is 8.15. The highest BCUT2D eigenvalue weighted by Crippen LogP contribution is 2.49. The minimum atomic E-state index is 0.285. The third-order valence-corrected chi connectivity index (χ3v) is 6.62. The molecule has 5 rings (SSSR count). The Hall–Kier alpha value is -3.24. The average Bonchev–Trinajstić information content (AvgIpc) is 3.32. The predicted molar refractivity (Wildman–Crippen MR) is 131 cm³/mol. The van der Waals surface area contributed by atoms with E-state index in [4.69, 9.17) is 21.1 Å². The molecule has 3 atom stereocenters. The van der Waals surface area contributed by atoms with E-state index in [0.717, 1.165) is 17.7 Å². The number of fused-ring (bicyclic) bond motifs is 3. The quantitative estimate of drug-likeness (QED) is 0.342. The van der Waals surface area contributed by atoms with Crippen LogP contribution in [0.15, 0.2) is 77.8 Å². The topological polar surface area (TPSA) is 42.8 Å². The Morgan fingerprint density at radius 3 is 2.62 bits per heavy atom. The number of para-hydroxylation sites is 1. The molecule has 1 aliphatic carbocycles. The van der Waals surface area contributed by atoms with Crippen LogP contribution in [0, 0.1) is 5.92 Å². The fourth-order valence-electron chi connectivity index (χ4n) is 4.80. The van der Waals surface area contributed by atoms with Crippen molar-refractivity contribution in [3.05, 3.63) is 94.5 Å². The van der Waals surface area contributed by atoms with Crippen LogP contribution in [0.3, 0.4) is 0 Å². The predicted octanol–water partition coefficient (Wildman–Crippen LogP) is 6.93. The van der Waals surface area contributed by atoms with Crippen molar-refractivity contribution < 1.29 is 9.47 Å². The molecule has 0 radical (unpaired) electrons. The standard InChI is InChI=1S/C27H25ClN2O2/c1-31-25-15-17(14-23(28)27(25)32-2)16-29-19-12-10-18(11-13-19)26-22-8-5-7-20(22)21-6-3-4-9-24(21)30-26/h3-7,9-16,20,22,26,30H,8H2,1-2H3/t20-,22+,26+/m1/s1. The second kappa shape index (κ2) is 8.71. The van der Waals surface area contributed by atoms with Gasteiger partial charge in [-0.3, -0.25) is 4.99 Å². The number of allylic oxidation sites excluding steroid dienone is 2. The molecule has 162 valence electrons. The second-order valence-corrected chi connectivity index (χ2v) is 8.56. The van der Waals surface area contributed by atoms with Gasteiger partial charge >= 0.3 is 0 Å². The lowest BCUT2D eigenvalue weighted by Crippen LogP contribution is -2.28. The van der Waals surface area contributed by atoms with E-state index < -0.39 is 0 Å². The third kappa shape index (κ3) is 3.76. The molecule has 4 nitrogen and oxygen atoms in total. The first-order valence-corrected chi connectivity index (χ1v) is 11.1. The summed E-state index contributed by atoms with van der Waals surface area (Å²) < 4.78 is 10.7. The third-order valence-electron chi connectivity index (χ3n) is 6.34. The van der Waals surface area contributed by atoms with E-state index >= 15 is 0 Å². The first-order chi connectivity index (χ1) is 15.7. The van der Waals surface area contributed by atoms with Gasteiger partial charge in [0.2, 0.25) is 0 Å². The van der Waals surface area contributed by atoms with Crippen molar-refractivity contribution >= 4 is 29.2 Å². The van der Waals surface area contributed by atoms with E-state index in [-0.39, 0.29) is 6.04 Å². The lowest BCUT2D eigenvalue weighted by atomic mass is 9.77. The van der Waals surface area contributed by atoms with Crippen molar-refractivity contribution in [2.45, 2.75) is 18.4 Å². The number of hydrogen-bond donors (Lipinski definition) is 1. The number of nitrogens with one attached hydrogen (secondary N) is 1. The molecule has 0 spiro atoms. The molecule has 0 saturated carbocycles. The van der Waals surface area contributed by atoms with E-state index in [1.165, 1.54) is 16.8 Å². The first-order valence-electron chi connectivity index (χ1n) is 10.8. The molecule has 2 aliphatic rings. The molecule has 0 unspecified atom stereocenters. The molecule has 0 bridgehead atoms. The summed E-state index contributed by atoms with van der Waals surface area (Å²) in [6.07, 6.45) is 7.56. The molecular formula is C27H25ClN2O2. The molecular weight excluding hydrogens is 420 g/mol. The molecule has 0 saturated heterocycles. The summed E-state index contributed by atoms with van der Waals surface area (Å²) >= 11 is 6.30. The number of rotatable bonds is 5. The number of anilines is 1. The van der Waals surface area contributed by atoms with Crippen LogP contribution >= 0.6 is 11.6 Å². The van der Waals surface area contributed by atoms with Crippen molar-refractivity contribution in [2.24, 2.45) is 10.9 Å². The number of ether oxygens (including phenoxy) is 2. The fourth-order valence-corrected chi connectivity index (χ4v) is 5.10. The highest BCUT2D eigenvalue weighted by Gasteiger charge is 2.37. The van der Waals surface area contributed by atoms with E-state index in [1.54, 1.807) is 20.4 Å². The Labute approximate surface area is 193 Å². The van der Waals surface area contributed by atoms with Crippen LogP contribution in [0.4, 0.5) is 11.4 Å². The molecule has 0 amide bonds. The Balaban J connectivity index is 1.37. The summed E-state index contributed by atoms with van der Waals surface area (Å²) in [6.45, 7) is 0. The zero-order valence-corrected chi connectivity index (χ0v) is 18.8. The van der Waals surface area contributed by atoms with Crippen molar-refractivity contribution in [2.75, 3.05) is 19.5 Å². The van der Waals surface area contributed by atoms with E-state index in [0.29, 0.717) is 28.4 Å². The van der Waals surface area contributed by atoms with Crippen LogP contribution in [-0.4, -0.2) is 20.4 Å². The molecule has 0 fully saturated rings. The summed E-state index contributed by atoms with van der Waals surface area (Å²) in [5.41, 5.74) is 5.65. The summed E-state index contributed by atoms with van der Waals surface area (Å²) in [4.78, 5) is 4.62. The van der Waals surface area contributed by atoms with E-state index in [1.807, 2.05) is 12.1 Å². The van der Waals surface area contributed by atoms with Gasteiger partial charge < -0.3 is 14.8 Å². The van der Waals surface area contributed by atoms with Crippen LogP contribution in [0.5, 0.6) is 11.5 Å². The molecule has 5 heteroatoms. The van der Waals surface area contributed by atoms with Crippen molar-refractivity contribution in [1.82, 2.24) is 0 Å². The number of aliphatic imine (C=N–C) groups is 1. The van der Waals surface area contributed by atoms with Gasteiger partial charge in [-0.05, 0) is 59.4 Å². The zero-order chi connectivity index (χ0) is 22.1. The SMILES string of the molecule is COc1cc(C=Nc2ccc([C@@H]3Nc4ccccc4[C@H]4C=CC[C@@H]43)cc2)cc(Cl)c1OC. The van der Waals surface area contributed by atoms with Gasteiger partial charge in [0, 0.05) is 17.8 Å². The normalized spacial score (nSPS) is 21.2. The van der Waals surface area contributed by atoms with Crippen LogP contribution < -0.4 is 14.8 Å². The van der Waals surface area contributed by atoms with Gasteiger partial charge in [-0.2, -0.15) is 0 Å². The smallest absolute Gasteiger partial charge is 0.179 e. The Morgan fingerprint density at radius 2 is 1.84 bits per heavy atom. The van der Waals surface area contributed by atoms with Gasteiger partial charge in [-0.15, -0.1) is 0 Å². The summed E-state index contributed by atoms with van der Waals surface area (Å²) in [7, 11) is 3.17. The van der Waals surface area contributed by atoms with Crippen LogP contribution in [0.1, 0.15) is 35.1 Å². The first kappa shape index (κ1) is 20.7. The maximum atomic E-state index is 6.30. The minimum absolute atomic E-state index is 0.285. The fraction of sp³-hybridized carbons (Fsp3) is 0.222. The van der Waals surface area contributed by atoms with E-state index in [9.17, 15) is 0 Å². The van der Waals surface area contributed by atoms with E-state index in [2.05, 4.69) is 71.0 Å². The highest BCUT2D eigenvalue weighted by molar-refractivity contribution is 6.32. The minimum Gasteiger partial charge on any atom is -0.493 e. The maximum Gasteiger partial charge on any atom is 0.179 e. The number of nitrogens with zero attached hydrogens (tertiary/aromatic N) is 1. The molecule has 1 aliphatic heterocycles. The summed E-state index contributed by atoms with van der Waals surface area (Å²) in [6, 6.07) is 21.1. The summed E-state index contributed by atoms with van der Waals surface area (Å²) in [5, 5.41) is 4.27. The van der Waals surface area contributed by atoms with Gasteiger partial charge in [0.05, 0.1) is 31.0 Å². The summed E-state index contributed by atoms with van der Waals surface area (Å²) in [5.74, 6) is 2.12.